The smallest absolute Gasteiger partial charge is 0.320 e. The fraction of sp³-hybridized carbons (Fsp3) is 0.308. The van der Waals surface area contributed by atoms with Gasteiger partial charge in [0.15, 0.2) is 0 Å². The van der Waals surface area contributed by atoms with Crippen molar-refractivity contribution in [2.24, 2.45) is 12.8 Å². The van der Waals surface area contributed by atoms with Gasteiger partial charge in [0.05, 0.1) is 5.52 Å². The van der Waals surface area contributed by atoms with Gasteiger partial charge in [0.1, 0.15) is 11.8 Å². The maximum Gasteiger partial charge on any atom is 0.320 e. The van der Waals surface area contributed by atoms with Crippen LogP contribution < -0.4 is 5.73 Å². The van der Waals surface area contributed by atoms with Crippen LogP contribution >= 0.6 is 0 Å². The molecule has 0 aliphatic carbocycles. The van der Waals surface area contributed by atoms with Gasteiger partial charge in [-0.25, -0.2) is 0 Å². The largest absolute Gasteiger partial charge is 0.508 e. The van der Waals surface area contributed by atoms with Gasteiger partial charge in [-0.3, -0.25) is 4.79 Å². The molecule has 0 spiro atoms. The number of aliphatic carboxylic acids is 1. The molecule has 0 amide bonds. The van der Waals surface area contributed by atoms with E-state index in [1.807, 2.05) is 18.5 Å². The Labute approximate surface area is 104 Å². The van der Waals surface area contributed by atoms with E-state index in [0.717, 1.165) is 22.2 Å². The number of aromatic nitrogens is 1. The van der Waals surface area contributed by atoms with Crippen molar-refractivity contribution in [3.63, 3.8) is 0 Å². The zero-order valence-corrected chi connectivity index (χ0v) is 10.3. The summed E-state index contributed by atoms with van der Waals surface area (Å²) in [7, 11) is 1.88. The van der Waals surface area contributed by atoms with E-state index >= 15 is 0 Å². The number of rotatable bonds is 3. The zero-order valence-electron chi connectivity index (χ0n) is 10.3. The number of carboxylic acid groups (broad SMARTS) is 1. The Morgan fingerprint density at radius 2 is 2.17 bits per heavy atom. The number of nitrogens with zero attached hydrogens (tertiary/aromatic N) is 1. The van der Waals surface area contributed by atoms with E-state index in [2.05, 4.69) is 0 Å². The van der Waals surface area contributed by atoms with Gasteiger partial charge in [0, 0.05) is 30.6 Å². The first-order chi connectivity index (χ1) is 8.41. The van der Waals surface area contributed by atoms with Crippen molar-refractivity contribution < 1.29 is 15.0 Å². The highest BCUT2D eigenvalue weighted by Crippen LogP contribution is 2.28. The zero-order chi connectivity index (χ0) is 13.4. The molecular formula is C13H16N2O3. The summed E-state index contributed by atoms with van der Waals surface area (Å²) in [5.41, 5.74) is 8.35. The lowest BCUT2D eigenvalue weighted by Crippen LogP contribution is -2.32. The Balaban J connectivity index is 2.57. The van der Waals surface area contributed by atoms with Crippen LogP contribution in [-0.4, -0.2) is 26.8 Å². The average molecular weight is 248 g/mol. The Morgan fingerprint density at radius 3 is 2.78 bits per heavy atom. The predicted molar refractivity (Wildman–Crippen MR) is 68.6 cm³/mol. The van der Waals surface area contributed by atoms with E-state index in [9.17, 15) is 9.90 Å². The van der Waals surface area contributed by atoms with E-state index < -0.39 is 12.0 Å². The Morgan fingerprint density at radius 1 is 1.50 bits per heavy atom. The van der Waals surface area contributed by atoms with Crippen molar-refractivity contribution in [3.8, 4) is 5.75 Å². The van der Waals surface area contributed by atoms with Crippen molar-refractivity contribution in [3.05, 3.63) is 29.5 Å². The molecule has 0 aliphatic heterocycles. The van der Waals surface area contributed by atoms with Crippen LogP contribution in [0.1, 0.15) is 11.3 Å². The van der Waals surface area contributed by atoms with Gasteiger partial charge >= 0.3 is 5.97 Å². The maximum atomic E-state index is 10.8. The third-order valence-electron chi connectivity index (χ3n) is 3.35. The summed E-state index contributed by atoms with van der Waals surface area (Å²) >= 11 is 0. The molecule has 5 heteroatoms. The predicted octanol–water partition coefficient (Wildman–Crippen LogP) is 1.15. The first-order valence-electron chi connectivity index (χ1n) is 5.67. The standard InChI is InChI=1S/C13H16N2O3/c1-7-10(6-11(14)13(17)18)9-4-3-8(16)5-12(9)15(7)2/h3-5,11,16H,6,14H2,1-2H3,(H,17,18). The minimum absolute atomic E-state index is 0.192. The molecule has 4 N–H and O–H groups in total. The van der Waals surface area contributed by atoms with Gasteiger partial charge in [-0.2, -0.15) is 0 Å². The van der Waals surface area contributed by atoms with Gasteiger partial charge in [-0.15, -0.1) is 0 Å². The number of fused-ring (bicyclic) bond motifs is 1. The molecule has 1 unspecified atom stereocenters. The molecule has 0 aliphatic rings. The van der Waals surface area contributed by atoms with Crippen LogP contribution in [0.3, 0.4) is 0 Å². The summed E-state index contributed by atoms with van der Waals surface area (Å²) < 4.78 is 1.93. The summed E-state index contributed by atoms with van der Waals surface area (Å²) in [4.78, 5) is 10.8. The second-order valence-electron chi connectivity index (χ2n) is 4.47. The van der Waals surface area contributed by atoms with Gasteiger partial charge in [-0.05, 0) is 24.6 Å². The number of hydrogen-bond donors (Lipinski definition) is 3. The minimum atomic E-state index is -1.01. The summed E-state index contributed by atoms with van der Waals surface area (Å²) in [6.45, 7) is 1.92. The van der Waals surface area contributed by atoms with Gasteiger partial charge < -0.3 is 20.5 Å². The number of aryl methyl sites for hydroxylation is 1. The van der Waals surface area contributed by atoms with Crippen LogP contribution in [0.25, 0.3) is 10.9 Å². The van der Waals surface area contributed by atoms with E-state index in [-0.39, 0.29) is 12.2 Å². The maximum absolute atomic E-state index is 10.8. The van der Waals surface area contributed by atoms with E-state index in [1.165, 1.54) is 0 Å². The van der Waals surface area contributed by atoms with Crippen LogP contribution in [-0.2, 0) is 18.3 Å². The van der Waals surface area contributed by atoms with Gasteiger partial charge in [-0.1, -0.05) is 0 Å². The summed E-state index contributed by atoms with van der Waals surface area (Å²) in [5.74, 6) is -0.817. The molecule has 0 radical (unpaired) electrons. The first kappa shape index (κ1) is 12.4. The first-order valence-corrected chi connectivity index (χ1v) is 5.67. The molecule has 0 saturated heterocycles. The molecule has 2 rings (SSSR count). The van der Waals surface area contributed by atoms with Crippen molar-refractivity contribution in [2.75, 3.05) is 0 Å². The second kappa shape index (κ2) is 4.34. The van der Waals surface area contributed by atoms with Gasteiger partial charge in [0.25, 0.3) is 0 Å². The molecule has 1 aromatic carbocycles. The normalized spacial score (nSPS) is 12.8. The molecular weight excluding hydrogens is 232 g/mol. The highest BCUT2D eigenvalue weighted by molar-refractivity contribution is 5.87. The number of hydrogen-bond acceptors (Lipinski definition) is 3. The van der Waals surface area contributed by atoms with Crippen molar-refractivity contribution in [2.45, 2.75) is 19.4 Å². The van der Waals surface area contributed by atoms with Crippen LogP contribution in [0.15, 0.2) is 18.2 Å². The number of phenolic OH excluding ortho intramolecular Hbond substituents is 1. The summed E-state index contributed by atoms with van der Waals surface area (Å²) in [6.07, 6.45) is 0.281. The Bertz CT molecular complexity index is 616. The lowest BCUT2D eigenvalue weighted by Gasteiger charge is -2.07. The Kier molecular flexibility index (Phi) is 3.00. The number of nitrogens with two attached hydrogens (primary N) is 1. The molecule has 0 saturated carbocycles. The number of carbonyl (C=O) groups is 1. The number of phenols is 1. The third-order valence-corrected chi connectivity index (χ3v) is 3.35. The average Bonchev–Trinajstić information content (AvgIpc) is 2.54. The van der Waals surface area contributed by atoms with Crippen LogP contribution in [0.4, 0.5) is 0 Å². The van der Waals surface area contributed by atoms with E-state index in [4.69, 9.17) is 10.8 Å². The fourth-order valence-electron chi connectivity index (χ4n) is 2.20. The molecule has 0 fully saturated rings. The molecule has 18 heavy (non-hydrogen) atoms. The van der Waals surface area contributed by atoms with Crippen molar-refractivity contribution in [1.82, 2.24) is 4.57 Å². The van der Waals surface area contributed by atoms with E-state index in [1.54, 1.807) is 18.2 Å². The monoisotopic (exact) mass is 248 g/mol. The highest BCUT2D eigenvalue weighted by atomic mass is 16.4. The molecule has 1 aromatic heterocycles. The minimum Gasteiger partial charge on any atom is -0.508 e. The molecule has 0 bridgehead atoms. The van der Waals surface area contributed by atoms with Crippen LogP contribution in [0, 0.1) is 6.92 Å². The van der Waals surface area contributed by atoms with E-state index in [0.29, 0.717) is 0 Å². The topological polar surface area (TPSA) is 88.5 Å². The SMILES string of the molecule is Cc1c(CC(N)C(=O)O)c2ccc(O)cc2n1C. The fourth-order valence-corrected chi connectivity index (χ4v) is 2.20. The number of aromatic hydroxyl groups is 1. The molecule has 1 heterocycles. The Hall–Kier alpha value is -2.01. The third kappa shape index (κ3) is 1.93. The quantitative estimate of drug-likeness (QED) is 0.760. The molecule has 5 nitrogen and oxygen atoms in total. The lowest BCUT2D eigenvalue weighted by molar-refractivity contribution is -0.138. The molecule has 1 atom stereocenters. The summed E-state index contributed by atoms with van der Waals surface area (Å²) in [6, 6.07) is 4.14. The van der Waals surface area contributed by atoms with Gasteiger partial charge in [0.2, 0.25) is 0 Å². The van der Waals surface area contributed by atoms with Crippen molar-refractivity contribution >= 4 is 16.9 Å². The molecule has 2 aromatic rings. The summed E-state index contributed by atoms with van der Waals surface area (Å²) in [5, 5.41) is 19.3. The lowest BCUT2D eigenvalue weighted by atomic mass is 10.0. The second-order valence-corrected chi connectivity index (χ2v) is 4.47. The van der Waals surface area contributed by atoms with Crippen LogP contribution in [0.2, 0.25) is 0 Å². The van der Waals surface area contributed by atoms with Crippen LogP contribution in [0.5, 0.6) is 5.75 Å². The van der Waals surface area contributed by atoms with Crippen molar-refractivity contribution in [1.29, 1.82) is 0 Å². The number of benzene rings is 1. The number of carboxylic acids is 1. The molecule has 96 valence electrons. The highest BCUT2D eigenvalue weighted by Gasteiger charge is 2.18.